The Balaban J connectivity index is 1.41. The third-order valence-corrected chi connectivity index (χ3v) is 5.91. The molecule has 1 fully saturated rings. The van der Waals surface area contributed by atoms with E-state index in [1.54, 1.807) is 7.11 Å². The first-order chi connectivity index (χ1) is 15.8. The minimum Gasteiger partial charge on any atom is -0.495 e. The van der Waals surface area contributed by atoms with Gasteiger partial charge in [0, 0.05) is 37.7 Å². The van der Waals surface area contributed by atoms with Crippen molar-refractivity contribution >= 4 is 17.4 Å². The van der Waals surface area contributed by atoms with Gasteiger partial charge in [0.2, 0.25) is 5.91 Å². The van der Waals surface area contributed by atoms with Crippen LogP contribution in [0.3, 0.4) is 0 Å². The summed E-state index contributed by atoms with van der Waals surface area (Å²) in [6.07, 6.45) is 0. The lowest BCUT2D eigenvalue weighted by Crippen LogP contribution is -2.48. The number of nitrogens with zero attached hydrogens (tertiary/aromatic N) is 4. The lowest BCUT2D eigenvalue weighted by molar-refractivity contribution is -0.117. The molecule has 3 aromatic rings. The summed E-state index contributed by atoms with van der Waals surface area (Å²) >= 11 is 0. The lowest BCUT2D eigenvalue weighted by atomic mass is 9.92. The van der Waals surface area contributed by atoms with E-state index in [1.807, 2.05) is 59.3 Å². The van der Waals surface area contributed by atoms with Crippen molar-refractivity contribution in [1.29, 1.82) is 0 Å². The molecule has 1 aromatic heterocycles. The Labute approximate surface area is 196 Å². The number of aromatic nitrogens is 2. The first-order valence-corrected chi connectivity index (χ1v) is 11.4. The number of carbonyl (C=O) groups is 1. The highest BCUT2D eigenvalue weighted by atomic mass is 16.5. The van der Waals surface area contributed by atoms with E-state index >= 15 is 0 Å². The Morgan fingerprint density at radius 3 is 2.33 bits per heavy atom. The molecule has 0 radical (unpaired) electrons. The molecular weight excluding hydrogens is 414 g/mol. The van der Waals surface area contributed by atoms with Crippen LogP contribution in [0.15, 0.2) is 60.7 Å². The van der Waals surface area contributed by atoms with Gasteiger partial charge in [-0.1, -0.05) is 51.1 Å². The van der Waals surface area contributed by atoms with E-state index in [1.165, 1.54) is 0 Å². The molecule has 2 heterocycles. The average molecular weight is 448 g/mol. The van der Waals surface area contributed by atoms with Gasteiger partial charge in [-0.2, -0.15) is 5.10 Å². The minimum atomic E-state index is -0.117. The van der Waals surface area contributed by atoms with Crippen molar-refractivity contribution in [1.82, 2.24) is 14.7 Å². The van der Waals surface area contributed by atoms with Crippen LogP contribution in [0, 0.1) is 0 Å². The Hall–Kier alpha value is -3.32. The van der Waals surface area contributed by atoms with Crippen LogP contribution >= 0.6 is 0 Å². The highest BCUT2D eigenvalue weighted by molar-refractivity contribution is 5.91. The van der Waals surface area contributed by atoms with Gasteiger partial charge in [-0.25, -0.2) is 4.68 Å². The zero-order chi connectivity index (χ0) is 23.4. The van der Waals surface area contributed by atoms with Gasteiger partial charge < -0.3 is 15.0 Å². The highest BCUT2D eigenvalue weighted by Gasteiger charge is 2.24. The summed E-state index contributed by atoms with van der Waals surface area (Å²) in [6.45, 7) is 10.1. The van der Waals surface area contributed by atoms with Crippen molar-refractivity contribution < 1.29 is 9.53 Å². The predicted octanol–water partition coefficient (Wildman–Crippen LogP) is 3.94. The Morgan fingerprint density at radius 1 is 1.00 bits per heavy atom. The third-order valence-electron chi connectivity index (χ3n) is 5.91. The fourth-order valence-electron chi connectivity index (χ4n) is 4.03. The first-order valence-electron chi connectivity index (χ1n) is 11.4. The van der Waals surface area contributed by atoms with Crippen molar-refractivity contribution in [2.24, 2.45) is 0 Å². The van der Waals surface area contributed by atoms with Gasteiger partial charge in [0.25, 0.3) is 0 Å². The second-order valence-corrected chi connectivity index (χ2v) is 9.40. The zero-order valence-electron chi connectivity index (χ0n) is 19.9. The standard InChI is InChI=1S/C26H33N5O2/c1-26(2,3)23-18-24(31(28-23)20-10-6-5-7-11-20)27-25(32)19-29-14-16-30(17-15-29)21-12-8-9-13-22(21)33-4/h5-13,18H,14-17,19H2,1-4H3,(H,27,32). The SMILES string of the molecule is COc1ccccc1N1CCN(CC(=O)Nc2cc(C(C)(C)C)nn2-c2ccccc2)CC1. The van der Waals surface area contributed by atoms with E-state index in [4.69, 9.17) is 9.84 Å². The molecule has 0 unspecified atom stereocenters. The summed E-state index contributed by atoms with van der Waals surface area (Å²) < 4.78 is 7.32. The molecule has 1 amide bonds. The number of hydrogen-bond donors (Lipinski definition) is 1. The highest BCUT2D eigenvalue weighted by Crippen LogP contribution is 2.29. The molecule has 0 spiro atoms. The van der Waals surface area contributed by atoms with Gasteiger partial charge in [-0.3, -0.25) is 9.69 Å². The van der Waals surface area contributed by atoms with E-state index < -0.39 is 0 Å². The van der Waals surface area contributed by atoms with Crippen LogP contribution in [-0.4, -0.2) is 60.4 Å². The fraction of sp³-hybridized carbons (Fsp3) is 0.385. The van der Waals surface area contributed by atoms with Gasteiger partial charge in [0.1, 0.15) is 11.6 Å². The molecule has 1 aliphatic rings. The van der Waals surface area contributed by atoms with E-state index in [0.29, 0.717) is 12.4 Å². The second kappa shape index (κ2) is 9.67. The number of nitrogens with one attached hydrogen (secondary N) is 1. The molecule has 1 N–H and O–H groups in total. The van der Waals surface area contributed by atoms with E-state index in [-0.39, 0.29) is 11.3 Å². The first kappa shape index (κ1) is 22.9. The number of rotatable bonds is 6. The van der Waals surface area contributed by atoms with Crippen molar-refractivity contribution in [2.45, 2.75) is 26.2 Å². The number of hydrogen-bond acceptors (Lipinski definition) is 5. The van der Waals surface area contributed by atoms with Crippen LogP contribution < -0.4 is 15.0 Å². The van der Waals surface area contributed by atoms with E-state index in [0.717, 1.165) is 49.0 Å². The third kappa shape index (κ3) is 5.37. The quantitative estimate of drug-likeness (QED) is 0.620. The molecule has 4 rings (SSSR count). The van der Waals surface area contributed by atoms with E-state index in [9.17, 15) is 4.79 Å². The Morgan fingerprint density at radius 2 is 1.67 bits per heavy atom. The maximum Gasteiger partial charge on any atom is 0.239 e. The molecule has 7 nitrogen and oxygen atoms in total. The average Bonchev–Trinajstić information content (AvgIpc) is 3.24. The largest absolute Gasteiger partial charge is 0.495 e. The van der Waals surface area contributed by atoms with Gasteiger partial charge in [0.15, 0.2) is 0 Å². The van der Waals surface area contributed by atoms with Crippen LogP contribution in [-0.2, 0) is 10.2 Å². The van der Waals surface area contributed by atoms with Gasteiger partial charge in [0.05, 0.1) is 30.7 Å². The van der Waals surface area contributed by atoms with Crippen LogP contribution in [0.25, 0.3) is 5.69 Å². The molecule has 0 saturated carbocycles. The summed E-state index contributed by atoms with van der Waals surface area (Å²) in [4.78, 5) is 17.5. The molecule has 0 aliphatic carbocycles. The van der Waals surface area contributed by atoms with Crippen LogP contribution in [0.5, 0.6) is 5.75 Å². The predicted molar refractivity (Wildman–Crippen MR) is 133 cm³/mol. The van der Waals surface area contributed by atoms with Crippen molar-refractivity contribution in [3.63, 3.8) is 0 Å². The summed E-state index contributed by atoms with van der Waals surface area (Å²) in [5, 5.41) is 7.88. The smallest absolute Gasteiger partial charge is 0.239 e. The molecule has 1 aliphatic heterocycles. The van der Waals surface area contributed by atoms with E-state index in [2.05, 4.69) is 42.0 Å². The maximum absolute atomic E-state index is 12.9. The lowest BCUT2D eigenvalue weighted by Gasteiger charge is -2.36. The minimum absolute atomic E-state index is 0.0294. The number of ether oxygens (including phenoxy) is 1. The number of amides is 1. The zero-order valence-corrected chi connectivity index (χ0v) is 19.9. The monoisotopic (exact) mass is 447 g/mol. The van der Waals surface area contributed by atoms with Crippen molar-refractivity contribution in [3.05, 3.63) is 66.4 Å². The summed E-state index contributed by atoms with van der Waals surface area (Å²) in [6, 6.07) is 20.0. The normalized spacial score (nSPS) is 14.8. The Bertz CT molecular complexity index is 1080. The van der Waals surface area contributed by atoms with Gasteiger partial charge in [-0.15, -0.1) is 0 Å². The molecule has 0 atom stereocenters. The summed E-state index contributed by atoms with van der Waals surface area (Å²) in [5.74, 6) is 1.55. The number of carbonyl (C=O) groups excluding carboxylic acids is 1. The summed E-state index contributed by atoms with van der Waals surface area (Å²) in [7, 11) is 1.70. The molecule has 7 heteroatoms. The molecule has 1 saturated heterocycles. The number of anilines is 2. The number of benzene rings is 2. The second-order valence-electron chi connectivity index (χ2n) is 9.40. The Kier molecular flexibility index (Phi) is 6.70. The van der Waals surface area contributed by atoms with Crippen molar-refractivity contribution in [3.8, 4) is 11.4 Å². The number of piperazine rings is 1. The van der Waals surface area contributed by atoms with Gasteiger partial charge >= 0.3 is 0 Å². The molecule has 174 valence electrons. The van der Waals surface area contributed by atoms with Crippen LogP contribution in [0.1, 0.15) is 26.5 Å². The molecule has 0 bridgehead atoms. The maximum atomic E-state index is 12.9. The van der Waals surface area contributed by atoms with Crippen LogP contribution in [0.2, 0.25) is 0 Å². The van der Waals surface area contributed by atoms with Gasteiger partial charge in [-0.05, 0) is 24.3 Å². The molecule has 2 aromatic carbocycles. The number of para-hydroxylation sites is 3. The van der Waals surface area contributed by atoms with Crippen molar-refractivity contribution in [2.75, 3.05) is 50.1 Å². The molecular formula is C26H33N5O2. The molecule has 33 heavy (non-hydrogen) atoms. The summed E-state index contributed by atoms with van der Waals surface area (Å²) in [5.41, 5.74) is 2.85. The van der Waals surface area contributed by atoms with Crippen LogP contribution in [0.4, 0.5) is 11.5 Å². The topological polar surface area (TPSA) is 62.6 Å². The number of methoxy groups -OCH3 is 1. The fourth-order valence-corrected chi connectivity index (χ4v) is 4.03.